The Morgan fingerprint density at radius 3 is 1.64 bits per heavy atom. The first-order valence-electron chi connectivity index (χ1n) is 14.2. The number of carboxylic acid groups (broad SMARTS) is 1. The van der Waals surface area contributed by atoms with Gasteiger partial charge in [-0.1, -0.05) is 33.9 Å². The van der Waals surface area contributed by atoms with Crippen LogP contribution in [-0.4, -0.2) is 108 Å². The first kappa shape index (κ1) is 37.8. The van der Waals surface area contributed by atoms with E-state index in [2.05, 4.69) is 47.0 Å². The molecule has 2 saturated heterocycles. The van der Waals surface area contributed by atoms with E-state index in [1.54, 1.807) is 0 Å². The lowest BCUT2D eigenvalue weighted by atomic mass is 10.1. The molecule has 0 aromatic carbocycles. The Bertz CT molecular complexity index is 1260. The predicted molar refractivity (Wildman–Crippen MR) is 160 cm³/mol. The van der Waals surface area contributed by atoms with Crippen LogP contribution < -0.4 is 0 Å². The monoisotopic (exact) mass is 656 g/mol. The minimum absolute atomic E-state index is 0.0351. The quantitative estimate of drug-likeness (QED) is 0.247. The van der Waals surface area contributed by atoms with Gasteiger partial charge in [0.15, 0.2) is 44.7 Å². The average Bonchev–Trinajstić information content (AvgIpc) is 3.36. The number of aliphatic carboxylic acids is 1. The van der Waals surface area contributed by atoms with E-state index >= 15 is 0 Å². The molecular weight excluding hydrogens is 614 g/mol. The van der Waals surface area contributed by atoms with Crippen molar-refractivity contribution < 1.29 is 56.9 Å². The summed E-state index contributed by atoms with van der Waals surface area (Å²) in [6.07, 6.45) is -2.29. The summed E-state index contributed by atoms with van der Waals surface area (Å²) in [5, 5.41) is 16.4. The molecule has 4 heterocycles. The zero-order valence-electron chi connectivity index (χ0n) is 26.3. The highest BCUT2D eigenvalue weighted by molar-refractivity contribution is 6.74. The van der Waals surface area contributed by atoms with Crippen molar-refractivity contribution in [1.82, 2.24) is 9.80 Å². The Morgan fingerprint density at radius 2 is 1.31 bits per heavy atom. The lowest BCUT2D eigenvalue weighted by Crippen LogP contribution is -2.44. The maximum atomic E-state index is 14.6. The Balaban J connectivity index is 0.000000292. The Morgan fingerprint density at radius 1 is 0.933 bits per heavy atom. The maximum absolute atomic E-state index is 14.6. The number of alkyl halides is 2. The number of aliphatic hydroxyl groups is 1. The van der Waals surface area contributed by atoms with Crippen LogP contribution in [0.5, 0.6) is 0 Å². The largest absolute Gasteiger partial charge is 0.481 e. The van der Waals surface area contributed by atoms with Gasteiger partial charge >= 0.3 is 0 Å². The molecular formula is C30H42F2N2O10Si. The van der Waals surface area contributed by atoms with E-state index in [-0.39, 0.29) is 53.8 Å². The van der Waals surface area contributed by atoms with E-state index < -0.39 is 63.1 Å². The van der Waals surface area contributed by atoms with Gasteiger partial charge in [0, 0.05) is 19.3 Å². The second-order valence-electron chi connectivity index (χ2n) is 12.3. The summed E-state index contributed by atoms with van der Waals surface area (Å²) in [7, 11) is -1.99. The van der Waals surface area contributed by atoms with E-state index in [0.717, 1.165) is 16.7 Å². The van der Waals surface area contributed by atoms with Gasteiger partial charge in [0.1, 0.15) is 12.2 Å². The van der Waals surface area contributed by atoms with Gasteiger partial charge in [-0.2, -0.15) is 0 Å². The van der Waals surface area contributed by atoms with Crippen LogP contribution in [0.25, 0.3) is 0 Å². The Labute approximate surface area is 262 Å². The molecule has 45 heavy (non-hydrogen) atoms. The van der Waals surface area contributed by atoms with Gasteiger partial charge in [0.25, 0.3) is 5.97 Å². The third kappa shape index (κ3) is 9.56. The smallest absolute Gasteiger partial charge is 0.300 e. The summed E-state index contributed by atoms with van der Waals surface area (Å²) in [6.45, 7) is 18.8. The van der Waals surface area contributed by atoms with Gasteiger partial charge in [0.2, 0.25) is 11.8 Å². The predicted octanol–water partition coefficient (Wildman–Crippen LogP) is 2.95. The standard InChI is InChI=1S/C17H26FNO4Si.C11H12FNO4.C2H4O2/c1-11-13(10-22-24(5,6)17(2,3)4)23-16(15(11)18)19-8-7-12(20)9-14(19)21;1-6-8(5-14)17-11(10(6)12)13-3-2-7(15)4-9(13)16;1-2(3)4/h7-8,13,15-16H,1,9-10H2,2-6H3;2-3,8,10-11,14H,1,4-5H2;1H3,(H,3,4)/t13-,15+,16-;8-,10+,11-;/m00./s1. The van der Waals surface area contributed by atoms with Crippen molar-refractivity contribution in [2.45, 2.75) is 95.7 Å². The molecule has 0 aromatic heterocycles. The Hall–Kier alpha value is -3.37. The lowest BCUT2D eigenvalue weighted by molar-refractivity contribution is -0.147. The number of carbonyl (C=O) groups excluding carboxylic acids is 4. The topological polar surface area (TPSA) is 160 Å². The molecule has 0 unspecified atom stereocenters. The van der Waals surface area contributed by atoms with Crippen molar-refractivity contribution in [3.63, 3.8) is 0 Å². The van der Waals surface area contributed by atoms with Crippen LogP contribution in [0.4, 0.5) is 8.78 Å². The molecule has 4 rings (SSSR count). The van der Waals surface area contributed by atoms with Gasteiger partial charge in [-0.15, -0.1) is 0 Å². The number of carbonyl (C=O) groups is 5. The fourth-order valence-electron chi connectivity index (χ4n) is 4.14. The first-order chi connectivity index (χ1) is 20.7. The number of hydrogen-bond donors (Lipinski definition) is 2. The molecule has 2 amide bonds. The molecule has 15 heteroatoms. The number of ketones is 2. The van der Waals surface area contributed by atoms with Crippen LogP contribution in [-0.2, 0) is 37.9 Å². The van der Waals surface area contributed by atoms with E-state index in [1.165, 1.54) is 24.6 Å². The van der Waals surface area contributed by atoms with Crippen molar-refractivity contribution in [3.8, 4) is 0 Å². The number of halogens is 2. The number of amides is 2. The van der Waals surface area contributed by atoms with Gasteiger partial charge < -0.3 is 24.1 Å². The van der Waals surface area contributed by atoms with Gasteiger partial charge in [-0.05, 0) is 41.4 Å². The van der Waals surface area contributed by atoms with E-state index in [4.69, 9.17) is 28.9 Å². The average molecular weight is 657 g/mol. The van der Waals surface area contributed by atoms with Gasteiger partial charge in [0.05, 0.1) is 26.1 Å². The summed E-state index contributed by atoms with van der Waals surface area (Å²) in [4.78, 5) is 56.9. The van der Waals surface area contributed by atoms with Crippen molar-refractivity contribution in [2.24, 2.45) is 0 Å². The fraction of sp³-hybridized carbons (Fsp3) is 0.567. The van der Waals surface area contributed by atoms with Crippen molar-refractivity contribution >= 4 is 37.7 Å². The second-order valence-corrected chi connectivity index (χ2v) is 17.1. The first-order valence-corrected chi connectivity index (χ1v) is 17.1. The van der Waals surface area contributed by atoms with E-state index in [9.17, 15) is 28.0 Å². The molecule has 0 saturated carbocycles. The number of rotatable bonds is 6. The minimum Gasteiger partial charge on any atom is -0.481 e. The summed E-state index contributed by atoms with van der Waals surface area (Å²) in [5.74, 6) is -2.43. The minimum atomic E-state index is -1.99. The van der Waals surface area contributed by atoms with Crippen LogP contribution in [0.1, 0.15) is 40.5 Å². The highest BCUT2D eigenvalue weighted by Gasteiger charge is 2.46. The van der Waals surface area contributed by atoms with Crippen molar-refractivity contribution in [1.29, 1.82) is 0 Å². The third-order valence-corrected chi connectivity index (χ3v) is 12.3. The molecule has 2 fully saturated rings. The number of ether oxygens (including phenoxy) is 2. The molecule has 4 aliphatic rings. The Kier molecular flexibility index (Phi) is 12.8. The molecule has 250 valence electrons. The lowest BCUT2D eigenvalue weighted by Gasteiger charge is -2.37. The number of allylic oxidation sites excluding steroid dienone is 2. The van der Waals surface area contributed by atoms with Crippen LogP contribution in [0.15, 0.2) is 48.9 Å². The summed E-state index contributed by atoms with van der Waals surface area (Å²) < 4.78 is 45.4. The highest BCUT2D eigenvalue weighted by Crippen LogP contribution is 2.38. The van der Waals surface area contributed by atoms with Gasteiger partial charge in [-0.25, -0.2) is 8.78 Å². The number of nitrogens with zero attached hydrogens (tertiary/aromatic N) is 2. The van der Waals surface area contributed by atoms with Gasteiger partial charge in [-0.3, -0.25) is 33.8 Å². The molecule has 0 bridgehead atoms. The SMILES string of the molecule is C=C1[C@H](CO)O[C@H](N2C=CC(=O)CC2=O)[C@@H]1F.C=C1[C@H](CO[Si](C)(C)C(C)(C)C)O[C@H](N2C=CC(=O)CC2=O)[C@@H]1F.CC(=O)O. The summed E-state index contributed by atoms with van der Waals surface area (Å²) in [5.41, 5.74) is 0.382. The van der Waals surface area contributed by atoms with Crippen LogP contribution in [0.3, 0.4) is 0 Å². The zero-order chi connectivity index (χ0) is 34.4. The highest BCUT2D eigenvalue weighted by atomic mass is 28.4. The fourth-order valence-corrected chi connectivity index (χ4v) is 5.14. The van der Waals surface area contributed by atoms with Crippen LogP contribution in [0.2, 0.25) is 18.1 Å². The molecule has 4 aliphatic heterocycles. The van der Waals surface area contributed by atoms with E-state index in [1.807, 2.05) is 0 Å². The number of aliphatic hydroxyl groups excluding tert-OH is 1. The molecule has 0 aliphatic carbocycles. The van der Waals surface area contributed by atoms with E-state index in [0.29, 0.717) is 0 Å². The van der Waals surface area contributed by atoms with Crippen LogP contribution >= 0.6 is 0 Å². The molecule has 0 spiro atoms. The van der Waals surface area contributed by atoms with Crippen LogP contribution in [0, 0.1) is 0 Å². The summed E-state index contributed by atoms with van der Waals surface area (Å²) in [6, 6.07) is 0. The molecule has 6 atom stereocenters. The number of hydrogen-bond acceptors (Lipinski definition) is 9. The van der Waals surface area contributed by atoms with Crippen molar-refractivity contribution in [2.75, 3.05) is 13.2 Å². The molecule has 12 nitrogen and oxygen atoms in total. The summed E-state index contributed by atoms with van der Waals surface area (Å²) >= 11 is 0. The molecule has 2 N–H and O–H groups in total. The molecule has 0 radical (unpaired) electrons. The third-order valence-electron chi connectivity index (χ3n) is 7.83. The maximum Gasteiger partial charge on any atom is 0.300 e. The molecule has 0 aromatic rings. The van der Waals surface area contributed by atoms with Crippen molar-refractivity contribution in [3.05, 3.63) is 48.9 Å². The normalized spacial score (nSPS) is 28.6. The second kappa shape index (κ2) is 15.3. The number of carboxylic acids is 1. The zero-order valence-corrected chi connectivity index (χ0v) is 27.3.